The zero-order valence-corrected chi connectivity index (χ0v) is 12.7. The lowest BCUT2D eigenvalue weighted by Gasteiger charge is -2.10. The Balaban J connectivity index is 2.19. The van der Waals surface area contributed by atoms with Gasteiger partial charge < -0.3 is 10.1 Å². The lowest BCUT2D eigenvalue weighted by Crippen LogP contribution is -2.19. The maximum atomic E-state index is 6.25. The second kappa shape index (κ2) is 7.43. The molecule has 5 heteroatoms. The summed E-state index contributed by atoms with van der Waals surface area (Å²) >= 11 is 6.25. The van der Waals surface area contributed by atoms with E-state index in [0.717, 1.165) is 25.2 Å². The van der Waals surface area contributed by atoms with Crippen molar-refractivity contribution in [1.29, 1.82) is 0 Å². The number of halogens is 1. The van der Waals surface area contributed by atoms with Crippen molar-refractivity contribution in [2.45, 2.75) is 19.9 Å². The number of aromatic nitrogens is 2. The Kier molecular flexibility index (Phi) is 5.59. The molecule has 0 amide bonds. The van der Waals surface area contributed by atoms with Crippen molar-refractivity contribution in [2.24, 2.45) is 0 Å². The molecule has 2 rings (SSSR count). The Morgan fingerprint density at radius 2 is 2.15 bits per heavy atom. The molecule has 0 atom stereocenters. The topological polar surface area (TPSA) is 39.1 Å². The summed E-state index contributed by atoms with van der Waals surface area (Å²) in [6.45, 7) is 4.46. The van der Waals surface area contributed by atoms with Gasteiger partial charge in [0.2, 0.25) is 0 Å². The summed E-state index contributed by atoms with van der Waals surface area (Å²) in [4.78, 5) is 0. The molecule has 0 unspecified atom stereocenters. The van der Waals surface area contributed by atoms with Crippen LogP contribution < -0.4 is 5.32 Å². The van der Waals surface area contributed by atoms with Gasteiger partial charge >= 0.3 is 0 Å². The van der Waals surface area contributed by atoms with Crippen molar-refractivity contribution >= 4 is 11.6 Å². The van der Waals surface area contributed by atoms with Crippen LogP contribution in [0.5, 0.6) is 0 Å². The van der Waals surface area contributed by atoms with Crippen LogP contribution in [0.1, 0.15) is 18.2 Å². The van der Waals surface area contributed by atoms with Gasteiger partial charge in [0.25, 0.3) is 0 Å². The Labute approximate surface area is 124 Å². The standard InChI is InChI=1S/C15H20ClN3O/c1-3-14-12(10-17-8-9-20-2)11-18-19(14)15-7-5-4-6-13(15)16/h4-7,11,17H,3,8-10H2,1-2H3. The highest BCUT2D eigenvalue weighted by molar-refractivity contribution is 6.32. The number of hydrogen-bond donors (Lipinski definition) is 1. The molecule has 1 heterocycles. The molecular formula is C15H20ClN3O. The molecule has 0 aliphatic heterocycles. The number of para-hydroxylation sites is 1. The van der Waals surface area contributed by atoms with Crippen molar-refractivity contribution < 1.29 is 4.74 Å². The van der Waals surface area contributed by atoms with Gasteiger partial charge in [-0.05, 0) is 18.6 Å². The first-order chi connectivity index (χ1) is 9.77. The lowest BCUT2D eigenvalue weighted by molar-refractivity contribution is 0.199. The zero-order valence-electron chi connectivity index (χ0n) is 11.9. The summed E-state index contributed by atoms with van der Waals surface area (Å²) in [6, 6.07) is 7.76. The lowest BCUT2D eigenvalue weighted by atomic mass is 10.2. The van der Waals surface area contributed by atoms with Gasteiger partial charge in [-0.25, -0.2) is 4.68 Å². The first-order valence-electron chi connectivity index (χ1n) is 6.78. The van der Waals surface area contributed by atoms with Gasteiger partial charge in [0.05, 0.1) is 23.5 Å². The minimum atomic E-state index is 0.708. The van der Waals surface area contributed by atoms with Gasteiger partial charge in [0, 0.05) is 31.5 Å². The van der Waals surface area contributed by atoms with Crippen LogP contribution in [-0.2, 0) is 17.7 Å². The van der Waals surface area contributed by atoms with Gasteiger partial charge in [-0.1, -0.05) is 30.7 Å². The smallest absolute Gasteiger partial charge is 0.0835 e. The van der Waals surface area contributed by atoms with E-state index in [0.29, 0.717) is 11.6 Å². The van der Waals surface area contributed by atoms with Crippen LogP contribution in [0.3, 0.4) is 0 Å². The highest BCUT2D eigenvalue weighted by Gasteiger charge is 2.12. The number of nitrogens with one attached hydrogen (secondary N) is 1. The summed E-state index contributed by atoms with van der Waals surface area (Å²) in [6.07, 6.45) is 2.81. The average molecular weight is 294 g/mol. The molecule has 4 nitrogen and oxygen atoms in total. The second-order valence-electron chi connectivity index (χ2n) is 4.50. The molecule has 1 N–H and O–H groups in total. The second-order valence-corrected chi connectivity index (χ2v) is 4.91. The first kappa shape index (κ1) is 15.0. The van der Waals surface area contributed by atoms with E-state index in [2.05, 4.69) is 17.3 Å². The van der Waals surface area contributed by atoms with Crippen LogP contribution in [0, 0.1) is 0 Å². The van der Waals surface area contributed by atoms with Gasteiger partial charge in [0.15, 0.2) is 0 Å². The van der Waals surface area contributed by atoms with E-state index >= 15 is 0 Å². The molecule has 0 saturated heterocycles. The Morgan fingerprint density at radius 3 is 2.85 bits per heavy atom. The van der Waals surface area contributed by atoms with E-state index in [1.165, 1.54) is 11.3 Å². The highest BCUT2D eigenvalue weighted by Crippen LogP contribution is 2.22. The minimum absolute atomic E-state index is 0.708. The third-order valence-electron chi connectivity index (χ3n) is 3.17. The number of nitrogens with zero attached hydrogens (tertiary/aromatic N) is 2. The Bertz CT molecular complexity index is 554. The van der Waals surface area contributed by atoms with Crippen LogP contribution in [0.2, 0.25) is 5.02 Å². The predicted molar refractivity (Wildman–Crippen MR) is 81.5 cm³/mol. The molecule has 108 valence electrons. The predicted octanol–water partition coefficient (Wildman–Crippen LogP) is 2.82. The molecule has 0 saturated carbocycles. The highest BCUT2D eigenvalue weighted by atomic mass is 35.5. The fraction of sp³-hybridized carbons (Fsp3) is 0.400. The van der Waals surface area contributed by atoms with Crippen LogP contribution >= 0.6 is 11.6 Å². The maximum absolute atomic E-state index is 6.25. The normalized spacial score (nSPS) is 10.9. The number of rotatable bonds is 7. The van der Waals surface area contributed by atoms with E-state index in [1.54, 1.807) is 7.11 Å². The molecule has 1 aromatic heterocycles. The summed E-state index contributed by atoms with van der Waals surface area (Å²) < 4.78 is 6.95. The Hall–Kier alpha value is -1.36. The number of ether oxygens (including phenoxy) is 1. The summed E-state index contributed by atoms with van der Waals surface area (Å²) in [5.74, 6) is 0. The van der Waals surface area contributed by atoms with Crippen molar-refractivity contribution in [3.05, 3.63) is 46.7 Å². The van der Waals surface area contributed by atoms with E-state index in [1.807, 2.05) is 35.1 Å². The molecule has 0 fully saturated rings. The molecule has 0 spiro atoms. The van der Waals surface area contributed by atoms with Gasteiger partial charge in [0.1, 0.15) is 0 Å². The van der Waals surface area contributed by atoms with Crippen molar-refractivity contribution in [1.82, 2.24) is 15.1 Å². The van der Waals surface area contributed by atoms with E-state index in [-0.39, 0.29) is 0 Å². The summed E-state index contributed by atoms with van der Waals surface area (Å²) in [7, 11) is 1.70. The quantitative estimate of drug-likeness (QED) is 0.798. The fourth-order valence-electron chi connectivity index (χ4n) is 2.16. The zero-order chi connectivity index (χ0) is 14.4. The van der Waals surface area contributed by atoms with Crippen molar-refractivity contribution in [3.8, 4) is 5.69 Å². The Morgan fingerprint density at radius 1 is 1.35 bits per heavy atom. The third kappa shape index (κ3) is 3.39. The molecule has 20 heavy (non-hydrogen) atoms. The number of benzene rings is 1. The molecule has 0 aliphatic carbocycles. The minimum Gasteiger partial charge on any atom is -0.383 e. The monoisotopic (exact) mass is 293 g/mol. The first-order valence-corrected chi connectivity index (χ1v) is 7.16. The SMILES string of the molecule is CCc1c(CNCCOC)cnn1-c1ccccc1Cl. The van der Waals surface area contributed by atoms with Gasteiger partial charge in [-0.15, -0.1) is 0 Å². The molecule has 2 aromatic rings. The number of methoxy groups -OCH3 is 1. The van der Waals surface area contributed by atoms with Gasteiger partial charge in [-0.2, -0.15) is 5.10 Å². The maximum Gasteiger partial charge on any atom is 0.0835 e. The number of hydrogen-bond acceptors (Lipinski definition) is 3. The molecule has 0 radical (unpaired) electrons. The largest absolute Gasteiger partial charge is 0.383 e. The molecule has 1 aromatic carbocycles. The third-order valence-corrected chi connectivity index (χ3v) is 3.49. The summed E-state index contributed by atoms with van der Waals surface area (Å²) in [5.41, 5.74) is 3.31. The van der Waals surface area contributed by atoms with Crippen molar-refractivity contribution in [2.75, 3.05) is 20.3 Å². The summed E-state index contributed by atoms with van der Waals surface area (Å²) in [5, 5.41) is 8.54. The average Bonchev–Trinajstić information content (AvgIpc) is 2.87. The van der Waals surface area contributed by atoms with E-state index in [9.17, 15) is 0 Å². The molecular weight excluding hydrogens is 274 g/mol. The van der Waals surface area contributed by atoms with Crippen LogP contribution in [0.25, 0.3) is 5.69 Å². The van der Waals surface area contributed by atoms with Gasteiger partial charge in [-0.3, -0.25) is 0 Å². The molecule has 0 bridgehead atoms. The van der Waals surface area contributed by atoms with E-state index < -0.39 is 0 Å². The van der Waals surface area contributed by atoms with Crippen LogP contribution in [0.15, 0.2) is 30.5 Å². The van der Waals surface area contributed by atoms with Crippen molar-refractivity contribution in [3.63, 3.8) is 0 Å². The van der Waals surface area contributed by atoms with Crippen LogP contribution in [-0.4, -0.2) is 30.0 Å². The fourth-order valence-corrected chi connectivity index (χ4v) is 2.38. The van der Waals surface area contributed by atoms with Crippen LogP contribution in [0.4, 0.5) is 0 Å². The molecule has 0 aliphatic rings. The van der Waals surface area contributed by atoms with E-state index in [4.69, 9.17) is 16.3 Å².